The van der Waals surface area contributed by atoms with Crippen molar-refractivity contribution < 1.29 is 24.5 Å². The third-order valence-corrected chi connectivity index (χ3v) is 7.59. The Balaban J connectivity index is 1.26. The van der Waals surface area contributed by atoms with Crippen molar-refractivity contribution in [1.82, 2.24) is 15.2 Å². The molecule has 0 aliphatic carbocycles. The molecule has 2 atom stereocenters. The van der Waals surface area contributed by atoms with E-state index < -0.39 is 6.10 Å². The quantitative estimate of drug-likeness (QED) is 0.132. The molecule has 8 heteroatoms. The van der Waals surface area contributed by atoms with E-state index in [4.69, 9.17) is 9.47 Å². The number of benzene rings is 4. The van der Waals surface area contributed by atoms with E-state index in [1.807, 2.05) is 105 Å². The van der Waals surface area contributed by atoms with Gasteiger partial charge >= 0.3 is 0 Å². The topological polar surface area (TPSA) is 104 Å². The highest BCUT2D eigenvalue weighted by Crippen LogP contribution is 2.30. The number of aromatic nitrogens is 1. The first-order chi connectivity index (χ1) is 22.4. The summed E-state index contributed by atoms with van der Waals surface area (Å²) in [6, 6.07) is 34.3. The molecule has 0 saturated heterocycles. The molecule has 0 bridgehead atoms. The average Bonchev–Trinajstić information content (AvgIpc) is 3.07. The van der Waals surface area contributed by atoms with Gasteiger partial charge in [0.1, 0.15) is 30.0 Å². The lowest BCUT2D eigenvalue weighted by atomic mass is 10.0. The minimum Gasteiger partial charge on any atom is -0.491 e. The lowest BCUT2D eigenvalue weighted by molar-refractivity contribution is 0.0335. The zero-order chi connectivity index (χ0) is 32.3. The number of aliphatic hydroxyl groups is 2. The van der Waals surface area contributed by atoms with E-state index in [0.717, 1.165) is 16.5 Å². The van der Waals surface area contributed by atoms with Gasteiger partial charge in [0.25, 0.3) is 5.91 Å². The second-order valence-electron chi connectivity index (χ2n) is 11.6. The maximum atomic E-state index is 12.5. The molecule has 0 radical (unpaired) electrons. The zero-order valence-corrected chi connectivity index (χ0v) is 26.3. The third-order valence-electron chi connectivity index (χ3n) is 7.59. The van der Waals surface area contributed by atoms with Crippen LogP contribution in [0.2, 0.25) is 0 Å². The van der Waals surface area contributed by atoms with Crippen LogP contribution >= 0.6 is 0 Å². The van der Waals surface area contributed by atoms with E-state index in [-0.39, 0.29) is 31.2 Å². The smallest absolute Gasteiger partial charge is 0.251 e. The molecular formula is C38H41N3O5. The number of hydrogen-bond acceptors (Lipinski definition) is 7. The van der Waals surface area contributed by atoms with Crippen molar-refractivity contribution in [1.29, 1.82) is 0 Å². The number of aliphatic hydroxyl groups excluding tert-OH is 2. The molecule has 4 aromatic carbocycles. The summed E-state index contributed by atoms with van der Waals surface area (Å²) < 4.78 is 12.0. The number of para-hydroxylation sites is 1. The summed E-state index contributed by atoms with van der Waals surface area (Å²) >= 11 is 0. The predicted octanol–water partition coefficient (Wildman–Crippen LogP) is 6.01. The van der Waals surface area contributed by atoms with Gasteiger partial charge in [0, 0.05) is 42.3 Å². The molecule has 1 aromatic heterocycles. The summed E-state index contributed by atoms with van der Waals surface area (Å²) in [6.45, 7) is 4.84. The Kier molecular flexibility index (Phi) is 11.3. The number of nitrogens with zero attached hydrogens (tertiary/aromatic N) is 2. The highest BCUT2D eigenvalue weighted by Gasteiger charge is 2.22. The monoisotopic (exact) mass is 619 g/mol. The number of rotatable bonds is 15. The maximum Gasteiger partial charge on any atom is 0.251 e. The van der Waals surface area contributed by atoms with Crippen LogP contribution in [0.25, 0.3) is 10.9 Å². The van der Waals surface area contributed by atoms with Gasteiger partial charge in [0.05, 0.1) is 12.1 Å². The Bertz CT molecular complexity index is 1680. The molecule has 0 aliphatic rings. The molecule has 1 heterocycles. The lowest BCUT2D eigenvalue weighted by Crippen LogP contribution is -2.44. The zero-order valence-electron chi connectivity index (χ0n) is 26.3. The summed E-state index contributed by atoms with van der Waals surface area (Å²) in [7, 11) is 0. The predicted molar refractivity (Wildman–Crippen MR) is 180 cm³/mol. The van der Waals surface area contributed by atoms with Crippen LogP contribution < -0.4 is 14.8 Å². The van der Waals surface area contributed by atoms with E-state index in [2.05, 4.69) is 15.2 Å². The fraction of sp³-hybridized carbons (Fsp3) is 0.263. The second kappa shape index (κ2) is 16.0. The molecule has 5 aromatic rings. The van der Waals surface area contributed by atoms with Crippen molar-refractivity contribution in [3.05, 3.63) is 132 Å². The molecule has 1 amide bonds. The number of carbonyl (C=O) groups is 1. The Morgan fingerprint density at radius 2 is 1.59 bits per heavy atom. The summed E-state index contributed by atoms with van der Waals surface area (Å²) in [6.07, 6.45) is 1.50. The van der Waals surface area contributed by atoms with Crippen molar-refractivity contribution in [2.75, 3.05) is 19.8 Å². The Hall–Kier alpha value is -4.76. The summed E-state index contributed by atoms with van der Waals surface area (Å²) in [4.78, 5) is 19.0. The number of nitrogens with one attached hydrogen (secondary N) is 1. The van der Waals surface area contributed by atoms with E-state index in [1.165, 1.54) is 0 Å². The first-order valence-electron chi connectivity index (χ1n) is 15.6. The summed E-state index contributed by atoms with van der Waals surface area (Å²) in [5.41, 5.74) is 3.34. The fourth-order valence-electron chi connectivity index (χ4n) is 5.29. The Morgan fingerprint density at radius 1 is 0.870 bits per heavy atom. The van der Waals surface area contributed by atoms with Crippen LogP contribution in [0.1, 0.15) is 35.3 Å². The first kappa shape index (κ1) is 32.6. The summed E-state index contributed by atoms with van der Waals surface area (Å²) in [5, 5.41) is 25.1. The van der Waals surface area contributed by atoms with Crippen molar-refractivity contribution in [2.45, 2.75) is 45.0 Å². The molecule has 46 heavy (non-hydrogen) atoms. The number of amides is 1. The number of pyridine rings is 1. The number of hydrogen-bond donors (Lipinski definition) is 3. The molecule has 0 fully saturated rings. The molecule has 3 N–H and O–H groups in total. The molecular weight excluding hydrogens is 578 g/mol. The van der Waals surface area contributed by atoms with E-state index in [1.54, 1.807) is 24.4 Å². The van der Waals surface area contributed by atoms with Crippen LogP contribution in [0.4, 0.5) is 0 Å². The van der Waals surface area contributed by atoms with Crippen molar-refractivity contribution in [2.24, 2.45) is 0 Å². The highest BCUT2D eigenvalue weighted by atomic mass is 16.5. The molecule has 5 rings (SSSR count). The SMILES string of the molecule is CC(C)NC(=O)c1ccc2c(Oc3ccc(C[C@@H](CO)N(Cc4ccccc4)C[C@H](O)COc4ccccc4)cc3)ccnc2c1. The second-order valence-corrected chi connectivity index (χ2v) is 11.6. The van der Waals surface area contributed by atoms with Gasteiger partial charge in [0.15, 0.2) is 0 Å². The first-order valence-corrected chi connectivity index (χ1v) is 15.6. The van der Waals surface area contributed by atoms with Gasteiger partial charge in [-0.25, -0.2) is 0 Å². The van der Waals surface area contributed by atoms with Gasteiger partial charge < -0.3 is 25.0 Å². The molecule has 238 valence electrons. The minimum absolute atomic E-state index is 0.0412. The number of ether oxygens (including phenoxy) is 2. The van der Waals surface area contributed by atoms with Gasteiger partial charge in [-0.2, -0.15) is 0 Å². The lowest BCUT2D eigenvalue weighted by Gasteiger charge is -2.32. The average molecular weight is 620 g/mol. The van der Waals surface area contributed by atoms with Crippen molar-refractivity contribution in [3.63, 3.8) is 0 Å². The standard InChI is InChI=1S/C38H41N3O5/c1-27(2)40-38(44)30-15-18-35-36(22-30)39-20-19-37(35)46-34-16-13-28(14-17-34)21-31(25-42)41(23-29-9-5-3-6-10-29)24-32(43)26-45-33-11-7-4-8-12-33/h3-20,22,27,31-32,42-43H,21,23-26H2,1-2H3,(H,40,44)/t31-,32-/m0/s1. The minimum atomic E-state index is -0.746. The van der Waals surface area contributed by atoms with E-state index in [0.29, 0.717) is 47.8 Å². The fourth-order valence-corrected chi connectivity index (χ4v) is 5.29. The highest BCUT2D eigenvalue weighted by molar-refractivity contribution is 5.98. The Labute approximate surface area is 270 Å². The maximum absolute atomic E-state index is 12.5. The van der Waals surface area contributed by atoms with Gasteiger partial charge in [-0.1, -0.05) is 60.7 Å². The third kappa shape index (κ3) is 9.14. The van der Waals surface area contributed by atoms with Crippen LogP contribution in [-0.2, 0) is 13.0 Å². The molecule has 0 aliphatic heterocycles. The van der Waals surface area contributed by atoms with Gasteiger partial charge in [-0.3, -0.25) is 14.7 Å². The van der Waals surface area contributed by atoms with Crippen LogP contribution in [0, 0.1) is 0 Å². The van der Waals surface area contributed by atoms with Crippen molar-refractivity contribution >= 4 is 16.8 Å². The molecule has 8 nitrogen and oxygen atoms in total. The molecule has 0 saturated carbocycles. The van der Waals surface area contributed by atoms with Crippen LogP contribution in [-0.4, -0.2) is 64.0 Å². The molecule has 0 unspecified atom stereocenters. The van der Waals surface area contributed by atoms with Crippen LogP contribution in [0.15, 0.2) is 115 Å². The van der Waals surface area contributed by atoms with Gasteiger partial charge in [-0.15, -0.1) is 0 Å². The van der Waals surface area contributed by atoms with Crippen molar-refractivity contribution in [3.8, 4) is 17.2 Å². The van der Waals surface area contributed by atoms with Crippen LogP contribution in [0.3, 0.4) is 0 Å². The largest absolute Gasteiger partial charge is 0.491 e. The number of carbonyl (C=O) groups excluding carboxylic acids is 1. The number of fused-ring (bicyclic) bond motifs is 1. The van der Waals surface area contributed by atoms with Crippen LogP contribution in [0.5, 0.6) is 17.2 Å². The van der Waals surface area contributed by atoms with E-state index >= 15 is 0 Å². The normalized spacial score (nSPS) is 12.7. The summed E-state index contributed by atoms with van der Waals surface area (Å²) in [5.74, 6) is 1.87. The van der Waals surface area contributed by atoms with E-state index in [9.17, 15) is 15.0 Å². The van der Waals surface area contributed by atoms with Gasteiger partial charge in [-0.05, 0) is 79.9 Å². The molecule has 0 spiro atoms. The van der Waals surface area contributed by atoms with Gasteiger partial charge in [0.2, 0.25) is 0 Å². The Morgan fingerprint density at radius 3 is 2.28 bits per heavy atom.